The number of aryl methyl sites for hydroxylation is 2. The molecular formula is C15H19N3O2. The molecule has 0 aliphatic rings. The minimum absolute atomic E-state index is 0.0774. The van der Waals surface area contributed by atoms with Gasteiger partial charge in [0.2, 0.25) is 0 Å². The molecule has 106 valence electrons. The van der Waals surface area contributed by atoms with Crippen LogP contribution in [0.4, 0.5) is 0 Å². The molecular weight excluding hydrogens is 254 g/mol. The third-order valence-electron chi connectivity index (χ3n) is 3.29. The van der Waals surface area contributed by atoms with Crippen LogP contribution in [-0.4, -0.2) is 29.8 Å². The quantitative estimate of drug-likeness (QED) is 0.875. The van der Waals surface area contributed by atoms with Crippen LogP contribution in [0.5, 0.6) is 5.75 Å². The SMILES string of the molecule is COc1ccc(C(=O)NCCc2c(C)n[nH]c2C)cc1. The Morgan fingerprint density at radius 3 is 2.55 bits per heavy atom. The van der Waals surface area contributed by atoms with Crippen molar-refractivity contribution in [1.29, 1.82) is 0 Å². The summed E-state index contributed by atoms with van der Waals surface area (Å²) in [6.07, 6.45) is 0.774. The number of H-pyrrole nitrogens is 1. The van der Waals surface area contributed by atoms with Crippen LogP contribution in [0.2, 0.25) is 0 Å². The van der Waals surface area contributed by atoms with E-state index in [2.05, 4.69) is 15.5 Å². The first-order chi connectivity index (χ1) is 9.61. The fourth-order valence-corrected chi connectivity index (χ4v) is 2.09. The number of carbonyl (C=O) groups excluding carboxylic acids is 1. The van der Waals surface area contributed by atoms with Crippen LogP contribution in [0.3, 0.4) is 0 Å². The Bertz CT molecular complexity index is 568. The van der Waals surface area contributed by atoms with E-state index in [0.717, 1.165) is 23.6 Å². The molecule has 1 amide bonds. The smallest absolute Gasteiger partial charge is 0.251 e. The fraction of sp³-hybridized carbons (Fsp3) is 0.333. The number of amides is 1. The van der Waals surface area contributed by atoms with Crippen molar-refractivity contribution in [3.05, 3.63) is 46.8 Å². The summed E-state index contributed by atoms with van der Waals surface area (Å²) in [6.45, 7) is 4.54. The third-order valence-corrected chi connectivity index (χ3v) is 3.29. The van der Waals surface area contributed by atoms with E-state index in [4.69, 9.17) is 4.74 Å². The van der Waals surface area contributed by atoms with Crippen LogP contribution in [0, 0.1) is 13.8 Å². The minimum atomic E-state index is -0.0774. The van der Waals surface area contributed by atoms with E-state index in [9.17, 15) is 4.79 Å². The first-order valence-electron chi connectivity index (χ1n) is 6.54. The van der Waals surface area contributed by atoms with E-state index in [-0.39, 0.29) is 5.91 Å². The van der Waals surface area contributed by atoms with Crippen molar-refractivity contribution in [3.63, 3.8) is 0 Å². The lowest BCUT2D eigenvalue weighted by Gasteiger charge is -2.06. The molecule has 5 heteroatoms. The highest BCUT2D eigenvalue weighted by atomic mass is 16.5. The van der Waals surface area contributed by atoms with E-state index >= 15 is 0 Å². The number of carbonyl (C=O) groups is 1. The molecule has 2 N–H and O–H groups in total. The summed E-state index contributed by atoms with van der Waals surface area (Å²) < 4.78 is 5.06. The molecule has 0 spiro atoms. The topological polar surface area (TPSA) is 67.0 Å². The van der Waals surface area contributed by atoms with Gasteiger partial charge in [-0.15, -0.1) is 0 Å². The standard InChI is InChI=1S/C15H19N3O2/c1-10-14(11(2)18-17-10)8-9-16-15(19)12-4-6-13(20-3)7-5-12/h4-7H,8-9H2,1-3H3,(H,16,19)(H,17,18). The molecule has 0 atom stereocenters. The summed E-state index contributed by atoms with van der Waals surface area (Å²) in [7, 11) is 1.60. The number of aromatic nitrogens is 2. The van der Waals surface area contributed by atoms with Crippen molar-refractivity contribution in [3.8, 4) is 5.75 Å². The van der Waals surface area contributed by atoms with Crippen LogP contribution < -0.4 is 10.1 Å². The van der Waals surface area contributed by atoms with E-state index in [1.807, 2.05) is 13.8 Å². The average molecular weight is 273 g/mol. The Morgan fingerprint density at radius 1 is 1.30 bits per heavy atom. The van der Waals surface area contributed by atoms with Crippen molar-refractivity contribution in [2.75, 3.05) is 13.7 Å². The summed E-state index contributed by atoms with van der Waals surface area (Å²) >= 11 is 0. The molecule has 0 aliphatic carbocycles. The summed E-state index contributed by atoms with van der Waals surface area (Å²) in [5.74, 6) is 0.664. The zero-order valence-corrected chi connectivity index (χ0v) is 12.0. The van der Waals surface area contributed by atoms with Gasteiger partial charge in [0.05, 0.1) is 12.8 Å². The Balaban J connectivity index is 1.89. The summed E-state index contributed by atoms with van der Waals surface area (Å²) in [6, 6.07) is 7.06. The van der Waals surface area contributed by atoms with Gasteiger partial charge in [-0.2, -0.15) is 5.10 Å². The molecule has 0 fully saturated rings. The first-order valence-corrected chi connectivity index (χ1v) is 6.54. The van der Waals surface area contributed by atoms with Crippen LogP contribution in [-0.2, 0) is 6.42 Å². The second-order valence-electron chi connectivity index (χ2n) is 4.65. The molecule has 0 radical (unpaired) electrons. The summed E-state index contributed by atoms with van der Waals surface area (Å²) in [4.78, 5) is 12.0. The first kappa shape index (κ1) is 14.1. The van der Waals surface area contributed by atoms with Gasteiger partial charge in [-0.3, -0.25) is 9.89 Å². The number of hydrogen-bond donors (Lipinski definition) is 2. The molecule has 0 saturated heterocycles. The number of benzene rings is 1. The van der Waals surface area contributed by atoms with E-state index < -0.39 is 0 Å². The van der Waals surface area contributed by atoms with Crippen molar-refractivity contribution >= 4 is 5.91 Å². The van der Waals surface area contributed by atoms with Crippen molar-refractivity contribution < 1.29 is 9.53 Å². The van der Waals surface area contributed by atoms with Gasteiger partial charge in [-0.25, -0.2) is 0 Å². The van der Waals surface area contributed by atoms with Crippen LogP contribution >= 0.6 is 0 Å². The summed E-state index contributed by atoms with van der Waals surface area (Å²) in [5.41, 5.74) is 3.84. The molecule has 1 aromatic heterocycles. The highest BCUT2D eigenvalue weighted by Gasteiger charge is 2.08. The molecule has 20 heavy (non-hydrogen) atoms. The predicted octanol–water partition coefficient (Wildman–Crippen LogP) is 2.01. The molecule has 0 saturated carbocycles. The maximum atomic E-state index is 12.0. The largest absolute Gasteiger partial charge is 0.497 e. The van der Waals surface area contributed by atoms with Gasteiger partial charge in [-0.1, -0.05) is 0 Å². The number of aromatic amines is 1. The number of ether oxygens (including phenoxy) is 1. The minimum Gasteiger partial charge on any atom is -0.497 e. The molecule has 0 unspecified atom stereocenters. The Kier molecular flexibility index (Phi) is 4.40. The second kappa shape index (κ2) is 6.23. The Labute approximate surface area is 118 Å². The van der Waals surface area contributed by atoms with Gasteiger partial charge in [0.1, 0.15) is 5.75 Å². The Hall–Kier alpha value is -2.30. The van der Waals surface area contributed by atoms with E-state index in [1.165, 1.54) is 5.56 Å². The number of nitrogens with zero attached hydrogens (tertiary/aromatic N) is 1. The van der Waals surface area contributed by atoms with E-state index in [0.29, 0.717) is 12.1 Å². The average Bonchev–Trinajstić information content (AvgIpc) is 2.79. The monoisotopic (exact) mass is 273 g/mol. The number of methoxy groups -OCH3 is 1. The van der Waals surface area contributed by atoms with Gasteiger partial charge >= 0.3 is 0 Å². The number of rotatable bonds is 5. The second-order valence-corrected chi connectivity index (χ2v) is 4.65. The van der Waals surface area contributed by atoms with Crippen molar-refractivity contribution in [2.45, 2.75) is 20.3 Å². The number of hydrogen-bond acceptors (Lipinski definition) is 3. The van der Waals surface area contributed by atoms with Gasteiger partial charge in [0.15, 0.2) is 0 Å². The lowest BCUT2D eigenvalue weighted by atomic mass is 10.1. The lowest BCUT2D eigenvalue weighted by molar-refractivity contribution is 0.0954. The summed E-state index contributed by atoms with van der Waals surface area (Å²) in [5, 5.41) is 9.99. The fourth-order valence-electron chi connectivity index (χ4n) is 2.09. The van der Waals surface area contributed by atoms with Gasteiger partial charge in [-0.05, 0) is 50.1 Å². The highest BCUT2D eigenvalue weighted by Crippen LogP contribution is 2.12. The van der Waals surface area contributed by atoms with E-state index in [1.54, 1.807) is 31.4 Å². The zero-order chi connectivity index (χ0) is 14.5. The van der Waals surface area contributed by atoms with Crippen LogP contribution in [0.1, 0.15) is 27.3 Å². The normalized spacial score (nSPS) is 10.3. The molecule has 5 nitrogen and oxygen atoms in total. The van der Waals surface area contributed by atoms with Gasteiger partial charge in [0, 0.05) is 17.8 Å². The number of nitrogens with one attached hydrogen (secondary N) is 2. The van der Waals surface area contributed by atoms with Crippen molar-refractivity contribution in [2.24, 2.45) is 0 Å². The molecule has 2 aromatic rings. The lowest BCUT2D eigenvalue weighted by Crippen LogP contribution is -2.25. The van der Waals surface area contributed by atoms with Crippen LogP contribution in [0.15, 0.2) is 24.3 Å². The predicted molar refractivity (Wildman–Crippen MR) is 77.1 cm³/mol. The maximum absolute atomic E-state index is 12.0. The molecule has 1 heterocycles. The highest BCUT2D eigenvalue weighted by molar-refractivity contribution is 5.94. The van der Waals surface area contributed by atoms with Crippen LogP contribution in [0.25, 0.3) is 0 Å². The third kappa shape index (κ3) is 3.17. The molecule has 0 aliphatic heterocycles. The molecule has 0 bridgehead atoms. The Morgan fingerprint density at radius 2 is 2.00 bits per heavy atom. The van der Waals surface area contributed by atoms with Gasteiger partial charge < -0.3 is 10.1 Å². The molecule has 1 aromatic carbocycles. The zero-order valence-electron chi connectivity index (χ0n) is 12.0. The van der Waals surface area contributed by atoms with Gasteiger partial charge in [0.25, 0.3) is 5.91 Å². The maximum Gasteiger partial charge on any atom is 0.251 e. The molecule has 2 rings (SSSR count). The van der Waals surface area contributed by atoms with Crippen molar-refractivity contribution in [1.82, 2.24) is 15.5 Å².